The summed E-state index contributed by atoms with van der Waals surface area (Å²) >= 11 is 0. The Morgan fingerprint density at radius 3 is 2.31 bits per heavy atom. The summed E-state index contributed by atoms with van der Waals surface area (Å²) < 4.78 is 0. The van der Waals surface area contributed by atoms with Crippen molar-refractivity contribution in [1.82, 2.24) is 10.2 Å². The van der Waals surface area contributed by atoms with Gasteiger partial charge in [-0.2, -0.15) is 0 Å². The van der Waals surface area contributed by atoms with E-state index in [1.807, 2.05) is 6.92 Å². The molecule has 0 rings (SSSR count). The normalized spacial score (nSPS) is 9.00. The van der Waals surface area contributed by atoms with Gasteiger partial charge in [-0.05, 0) is 6.42 Å². The van der Waals surface area contributed by atoms with Crippen LogP contribution in [-0.4, -0.2) is 29.4 Å². The summed E-state index contributed by atoms with van der Waals surface area (Å²) in [7, 11) is 0. The number of primary amides is 1. The molecule has 0 aliphatic rings. The lowest BCUT2D eigenvalue weighted by Gasteiger charge is -2.20. The molecule has 0 aromatic heterocycles. The van der Waals surface area contributed by atoms with E-state index in [-0.39, 0.29) is 5.96 Å². The fraction of sp³-hybridized carbons (Fsp3) is 0.500. The molecule has 0 aromatic rings. The molecule has 13 heavy (non-hydrogen) atoms. The molecule has 2 amide bonds. The van der Waals surface area contributed by atoms with Gasteiger partial charge in [0.05, 0.1) is 0 Å². The topological polar surface area (TPSA) is 132 Å². The van der Waals surface area contributed by atoms with Crippen molar-refractivity contribution in [2.75, 3.05) is 6.54 Å². The second kappa shape index (κ2) is 4.96. The first-order valence-electron chi connectivity index (χ1n) is 3.75. The Balaban J connectivity index is 4.28. The maximum absolute atomic E-state index is 10.8. The van der Waals surface area contributed by atoms with E-state index in [0.717, 1.165) is 4.90 Å². The third-order valence-electron chi connectivity index (χ3n) is 1.24. The van der Waals surface area contributed by atoms with Gasteiger partial charge in [-0.1, -0.05) is 6.92 Å². The van der Waals surface area contributed by atoms with Crippen LogP contribution in [0.25, 0.3) is 0 Å². The number of nitrogens with one attached hydrogen (secondary N) is 3. The number of carbonyl (C=O) groups is 1. The highest BCUT2D eigenvalue weighted by Gasteiger charge is 2.14. The van der Waals surface area contributed by atoms with E-state index in [0.29, 0.717) is 13.0 Å². The van der Waals surface area contributed by atoms with Gasteiger partial charge in [0.2, 0.25) is 5.96 Å². The van der Waals surface area contributed by atoms with Crippen molar-refractivity contribution in [3.63, 3.8) is 0 Å². The number of guanidine groups is 2. The van der Waals surface area contributed by atoms with E-state index in [1.165, 1.54) is 0 Å². The summed E-state index contributed by atoms with van der Waals surface area (Å²) in [6, 6.07) is -0.736. The number of hydrogen-bond acceptors (Lipinski definition) is 3. The van der Waals surface area contributed by atoms with Gasteiger partial charge in [-0.15, -0.1) is 0 Å². The van der Waals surface area contributed by atoms with Crippen molar-refractivity contribution < 1.29 is 4.79 Å². The molecule has 0 unspecified atom stereocenters. The largest absolute Gasteiger partial charge is 0.370 e. The molecule has 0 atom stereocenters. The second-order valence-corrected chi connectivity index (χ2v) is 2.38. The third-order valence-corrected chi connectivity index (χ3v) is 1.24. The van der Waals surface area contributed by atoms with Crippen LogP contribution < -0.4 is 16.8 Å². The number of nitrogens with zero attached hydrogens (tertiary/aromatic N) is 1. The van der Waals surface area contributed by atoms with Crippen LogP contribution in [0.2, 0.25) is 0 Å². The SMILES string of the molecule is CCCN(C(=N)NC(=N)N)C(N)=O. The molecule has 0 aliphatic heterocycles. The van der Waals surface area contributed by atoms with Crippen LogP contribution in [0, 0.1) is 10.8 Å². The highest BCUT2D eigenvalue weighted by molar-refractivity contribution is 6.02. The van der Waals surface area contributed by atoms with Gasteiger partial charge in [0.15, 0.2) is 5.96 Å². The third kappa shape index (κ3) is 3.94. The van der Waals surface area contributed by atoms with E-state index >= 15 is 0 Å². The zero-order valence-electron chi connectivity index (χ0n) is 7.42. The molecule has 0 heterocycles. The van der Waals surface area contributed by atoms with Crippen molar-refractivity contribution in [1.29, 1.82) is 10.8 Å². The Hall–Kier alpha value is -1.79. The molecule has 74 valence electrons. The summed E-state index contributed by atoms with van der Waals surface area (Å²) in [5.74, 6) is -0.672. The summed E-state index contributed by atoms with van der Waals surface area (Å²) in [6.45, 7) is 2.17. The molecule has 7 heteroatoms. The standard InChI is InChI=1S/C6H14N6O/c1-2-3-12(6(10)13)5(9)11-4(7)8/h2-3H2,1H3,(H2,10,13)(H5,7,8,9,11). The number of amides is 2. The lowest BCUT2D eigenvalue weighted by atomic mass is 10.4. The van der Waals surface area contributed by atoms with E-state index in [9.17, 15) is 4.79 Å². The Morgan fingerprint density at radius 1 is 1.46 bits per heavy atom. The van der Waals surface area contributed by atoms with Crippen LogP contribution in [0.5, 0.6) is 0 Å². The smallest absolute Gasteiger partial charge is 0.321 e. The van der Waals surface area contributed by atoms with Gasteiger partial charge in [0.1, 0.15) is 0 Å². The molecule has 0 aromatic carbocycles. The van der Waals surface area contributed by atoms with Crippen molar-refractivity contribution >= 4 is 18.0 Å². The van der Waals surface area contributed by atoms with E-state index in [4.69, 9.17) is 22.3 Å². The molecular formula is C6H14N6O. The summed E-state index contributed by atoms with van der Waals surface area (Å²) in [4.78, 5) is 11.8. The zero-order chi connectivity index (χ0) is 10.4. The Bertz CT molecular complexity index is 225. The Labute approximate surface area is 76.1 Å². The lowest BCUT2D eigenvalue weighted by molar-refractivity contribution is 0.229. The number of hydrogen-bond donors (Lipinski definition) is 5. The highest BCUT2D eigenvalue weighted by Crippen LogP contribution is 1.90. The van der Waals surface area contributed by atoms with Crippen molar-refractivity contribution in [3.05, 3.63) is 0 Å². The number of carbonyl (C=O) groups excluding carboxylic acids is 1. The number of urea groups is 1. The van der Waals surface area contributed by atoms with Crippen LogP contribution in [0.15, 0.2) is 0 Å². The predicted octanol–water partition coefficient (Wildman–Crippen LogP) is -0.805. The molecule has 7 N–H and O–H groups in total. The minimum atomic E-state index is -0.736. The van der Waals surface area contributed by atoms with Gasteiger partial charge in [0, 0.05) is 6.54 Å². The van der Waals surface area contributed by atoms with Crippen molar-refractivity contribution in [2.45, 2.75) is 13.3 Å². The molecule has 0 spiro atoms. The van der Waals surface area contributed by atoms with Crippen LogP contribution in [0.4, 0.5) is 4.79 Å². The van der Waals surface area contributed by atoms with Crippen molar-refractivity contribution in [2.24, 2.45) is 11.5 Å². The predicted molar refractivity (Wildman–Crippen MR) is 49.4 cm³/mol. The molecule has 0 aliphatic carbocycles. The maximum Gasteiger partial charge on any atom is 0.321 e. The monoisotopic (exact) mass is 186 g/mol. The molecule has 0 bridgehead atoms. The lowest BCUT2D eigenvalue weighted by Crippen LogP contribution is -2.50. The fourth-order valence-corrected chi connectivity index (χ4v) is 0.751. The quantitative estimate of drug-likeness (QED) is 0.285. The van der Waals surface area contributed by atoms with Gasteiger partial charge in [-0.25, -0.2) is 4.79 Å². The van der Waals surface area contributed by atoms with Crippen LogP contribution in [0.3, 0.4) is 0 Å². The fourth-order valence-electron chi connectivity index (χ4n) is 0.751. The minimum absolute atomic E-state index is 0.276. The summed E-state index contributed by atoms with van der Waals surface area (Å²) in [5.41, 5.74) is 9.97. The maximum atomic E-state index is 10.8. The first-order chi connectivity index (χ1) is 5.99. The molecule has 0 radical (unpaired) electrons. The summed E-state index contributed by atoms with van der Waals surface area (Å²) in [5, 5.41) is 16.3. The number of nitrogens with two attached hydrogens (primary N) is 2. The van der Waals surface area contributed by atoms with Gasteiger partial charge < -0.3 is 11.5 Å². The van der Waals surface area contributed by atoms with Gasteiger partial charge >= 0.3 is 6.03 Å². The van der Waals surface area contributed by atoms with Crippen LogP contribution in [-0.2, 0) is 0 Å². The van der Waals surface area contributed by atoms with Gasteiger partial charge in [0.25, 0.3) is 0 Å². The van der Waals surface area contributed by atoms with Crippen LogP contribution in [0.1, 0.15) is 13.3 Å². The molecule has 7 nitrogen and oxygen atoms in total. The van der Waals surface area contributed by atoms with E-state index < -0.39 is 12.0 Å². The number of rotatable bonds is 2. The molecule has 0 fully saturated rings. The highest BCUT2D eigenvalue weighted by atomic mass is 16.2. The van der Waals surface area contributed by atoms with E-state index in [2.05, 4.69) is 5.32 Å². The van der Waals surface area contributed by atoms with Crippen molar-refractivity contribution in [3.8, 4) is 0 Å². The minimum Gasteiger partial charge on any atom is -0.370 e. The van der Waals surface area contributed by atoms with Crippen LogP contribution >= 0.6 is 0 Å². The van der Waals surface area contributed by atoms with E-state index in [1.54, 1.807) is 0 Å². The summed E-state index contributed by atoms with van der Waals surface area (Å²) in [6.07, 6.45) is 0.672. The Kier molecular flexibility index (Phi) is 4.28. The average molecular weight is 186 g/mol. The average Bonchev–Trinajstić information content (AvgIpc) is 1.97. The molecule has 0 saturated carbocycles. The second-order valence-electron chi connectivity index (χ2n) is 2.38. The first kappa shape index (κ1) is 11.2. The van der Waals surface area contributed by atoms with Gasteiger partial charge in [-0.3, -0.25) is 21.0 Å². The first-order valence-corrected chi connectivity index (χ1v) is 3.75. The molecular weight excluding hydrogens is 172 g/mol. The molecule has 0 saturated heterocycles. The Morgan fingerprint density at radius 2 is 2.00 bits per heavy atom. The zero-order valence-corrected chi connectivity index (χ0v) is 7.42.